The first-order valence-corrected chi connectivity index (χ1v) is 6.54. The molecule has 0 radical (unpaired) electrons. The van der Waals surface area contributed by atoms with E-state index < -0.39 is 0 Å². The molecule has 90 valence electrons. The molecule has 1 aliphatic rings. The molecular formula is C15H25N. The van der Waals surface area contributed by atoms with E-state index in [0.717, 1.165) is 25.0 Å². The van der Waals surface area contributed by atoms with Crippen LogP contribution in [0.4, 0.5) is 0 Å². The van der Waals surface area contributed by atoms with Crippen LogP contribution in [0.15, 0.2) is 35.6 Å². The number of hydrogen-bond donors (Lipinski definition) is 1. The van der Waals surface area contributed by atoms with Crippen LogP contribution in [0.5, 0.6) is 0 Å². The van der Waals surface area contributed by atoms with Gasteiger partial charge in [0.25, 0.3) is 0 Å². The molecule has 1 rings (SSSR count). The minimum atomic E-state index is 0.680. The first-order valence-electron chi connectivity index (χ1n) is 6.54. The van der Waals surface area contributed by atoms with Crippen LogP contribution in [0.2, 0.25) is 0 Å². The van der Waals surface area contributed by atoms with Crippen LogP contribution in [-0.2, 0) is 0 Å². The van der Waals surface area contributed by atoms with Crippen molar-refractivity contribution in [3.63, 3.8) is 0 Å². The van der Waals surface area contributed by atoms with Crippen molar-refractivity contribution in [2.75, 3.05) is 0 Å². The first kappa shape index (κ1) is 13.1. The summed E-state index contributed by atoms with van der Waals surface area (Å²) in [5, 5.41) is 0. The largest absolute Gasteiger partial charge is 0.399 e. The lowest BCUT2D eigenvalue weighted by atomic mass is 9.80. The first-order chi connectivity index (χ1) is 7.69. The van der Waals surface area contributed by atoms with Gasteiger partial charge in [0.05, 0.1) is 0 Å². The van der Waals surface area contributed by atoms with Crippen molar-refractivity contribution in [2.24, 2.45) is 11.7 Å². The average molecular weight is 219 g/mol. The Balaban J connectivity index is 2.71. The van der Waals surface area contributed by atoms with Gasteiger partial charge in [-0.2, -0.15) is 0 Å². The zero-order chi connectivity index (χ0) is 12.0. The van der Waals surface area contributed by atoms with Crippen molar-refractivity contribution >= 4 is 0 Å². The zero-order valence-corrected chi connectivity index (χ0v) is 10.8. The standard InChI is InChI=1S/C15H25N/c1-4-6-10-15(16)11-14-9-7-8-13(5-2)12(14)3/h10-11,13H,3-9,16H2,1-2H3/b14-11-,15-10+. The number of rotatable bonds is 4. The summed E-state index contributed by atoms with van der Waals surface area (Å²) >= 11 is 0. The van der Waals surface area contributed by atoms with Crippen molar-refractivity contribution in [1.29, 1.82) is 0 Å². The van der Waals surface area contributed by atoms with Gasteiger partial charge in [-0.3, -0.25) is 0 Å². The van der Waals surface area contributed by atoms with Gasteiger partial charge >= 0.3 is 0 Å². The second-order valence-electron chi connectivity index (χ2n) is 4.69. The van der Waals surface area contributed by atoms with Gasteiger partial charge in [0.1, 0.15) is 0 Å². The highest BCUT2D eigenvalue weighted by Gasteiger charge is 2.19. The molecule has 1 heteroatoms. The molecule has 1 fully saturated rings. The van der Waals surface area contributed by atoms with Crippen LogP contribution in [0.3, 0.4) is 0 Å². The Bertz CT molecular complexity index is 297. The molecule has 0 aromatic heterocycles. The topological polar surface area (TPSA) is 26.0 Å². The monoisotopic (exact) mass is 219 g/mol. The fraction of sp³-hybridized carbons (Fsp3) is 0.600. The highest BCUT2D eigenvalue weighted by molar-refractivity contribution is 5.37. The maximum absolute atomic E-state index is 5.98. The second kappa shape index (κ2) is 6.57. The Morgan fingerprint density at radius 3 is 2.88 bits per heavy atom. The van der Waals surface area contributed by atoms with E-state index in [2.05, 4.69) is 32.6 Å². The molecular weight excluding hydrogens is 194 g/mol. The minimum absolute atomic E-state index is 0.680. The molecule has 16 heavy (non-hydrogen) atoms. The van der Waals surface area contributed by atoms with E-state index in [0.29, 0.717) is 5.92 Å². The summed E-state index contributed by atoms with van der Waals surface area (Å²) in [4.78, 5) is 0. The molecule has 0 aromatic rings. The fourth-order valence-corrected chi connectivity index (χ4v) is 2.32. The summed E-state index contributed by atoms with van der Waals surface area (Å²) in [5.74, 6) is 0.680. The van der Waals surface area contributed by atoms with Crippen LogP contribution in [-0.4, -0.2) is 0 Å². The molecule has 1 nitrogen and oxygen atoms in total. The molecule has 2 N–H and O–H groups in total. The van der Waals surface area contributed by atoms with E-state index in [9.17, 15) is 0 Å². The smallest absolute Gasteiger partial charge is 0.0276 e. The Hall–Kier alpha value is -0.980. The van der Waals surface area contributed by atoms with E-state index in [-0.39, 0.29) is 0 Å². The second-order valence-corrected chi connectivity index (χ2v) is 4.69. The average Bonchev–Trinajstić information content (AvgIpc) is 2.29. The summed E-state index contributed by atoms with van der Waals surface area (Å²) in [6, 6.07) is 0. The van der Waals surface area contributed by atoms with Crippen LogP contribution in [0, 0.1) is 5.92 Å². The maximum Gasteiger partial charge on any atom is 0.0276 e. The van der Waals surface area contributed by atoms with Crippen LogP contribution < -0.4 is 5.73 Å². The molecule has 0 bridgehead atoms. The SMILES string of the molecule is C=C1/C(=C\C(N)=C/CCC)CCCC1CC. The molecule has 1 atom stereocenters. The van der Waals surface area contributed by atoms with E-state index >= 15 is 0 Å². The van der Waals surface area contributed by atoms with Crippen molar-refractivity contribution < 1.29 is 0 Å². The highest BCUT2D eigenvalue weighted by Crippen LogP contribution is 2.34. The van der Waals surface area contributed by atoms with Gasteiger partial charge < -0.3 is 5.73 Å². The zero-order valence-electron chi connectivity index (χ0n) is 10.8. The van der Waals surface area contributed by atoms with Gasteiger partial charge in [0.15, 0.2) is 0 Å². The minimum Gasteiger partial charge on any atom is -0.399 e. The quantitative estimate of drug-likeness (QED) is 0.748. The molecule has 1 aliphatic carbocycles. The number of unbranched alkanes of at least 4 members (excludes halogenated alkanes) is 1. The van der Waals surface area contributed by atoms with Gasteiger partial charge in [0, 0.05) is 5.70 Å². The molecule has 1 saturated carbocycles. The van der Waals surface area contributed by atoms with E-state index in [1.807, 2.05) is 0 Å². The van der Waals surface area contributed by atoms with Gasteiger partial charge in [-0.05, 0) is 55.2 Å². The van der Waals surface area contributed by atoms with Crippen molar-refractivity contribution in [2.45, 2.75) is 52.4 Å². The van der Waals surface area contributed by atoms with E-state index in [1.165, 1.54) is 30.4 Å². The van der Waals surface area contributed by atoms with Gasteiger partial charge in [0.2, 0.25) is 0 Å². The molecule has 0 spiro atoms. The predicted octanol–water partition coefficient (Wildman–Crippen LogP) is 4.32. The number of allylic oxidation sites excluding steroid dienone is 4. The van der Waals surface area contributed by atoms with E-state index in [1.54, 1.807) is 0 Å². The van der Waals surface area contributed by atoms with Gasteiger partial charge in [-0.15, -0.1) is 0 Å². The summed E-state index contributed by atoms with van der Waals surface area (Å²) in [5.41, 5.74) is 9.59. The molecule has 0 heterocycles. The van der Waals surface area contributed by atoms with Crippen LogP contribution in [0.25, 0.3) is 0 Å². The Morgan fingerprint density at radius 1 is 1.50 bits per heavy atom. The number of nitrogens with two attached hydrogens (primary N) is 1. The normalized spacial score (nSPS) is 25.1. The molecule has 0 saturated heterocycles. The summed E-state index contributed by atoms with van der Waals surface area (Å²) in [6.07, 6.45) is 11.4. The molecule has 0 amide bonds. The van der Waals surface area contributed by atoms with Crippen LogP contribution in [0.1, 0.15) is 52.4 Å². The molecule has 0 aliphatic heterocycles. The van der Waals surface area contributed by atoms with Gasteiger partial charge in [-0.25, -0.2) is 0 Å². The predicted molar refractivity (Wildman–Crippen MR) is 72.0 cm³/mol. The Morgan fingerprint density at radius 2 is 2.25 bits per heavy atom. The summed E-state index contributed by atoms with van der Waals surface area (Å²) in [6.45, 7) is 8.65. The number of hydrogen-bond acceptors (Lipinski definition) is 1. The molecule has 1 unspecified atom stereocenters. The maximum atomic E-state index is 5.98. The van der Waals surface area contributed by atoms with Gasteiger partial charge in [-0.1, -0.05) is 32.9 Å². The molecule has 0 aromatic carbocycles. The van der Waals surface area contributed by atoms with Crippen molar-refractivity contribution in [1.82, 2.24) is 0 Å². The van der Waals surface area contributed by atoms with Crippen molar-refractivity contribution in [3.05, 3.63) is 35.6 Å². The highest BCUT2D eigenvalue weighted by atomic mass is 14.6. The van der Waals surface area contributed by atoms with E-state index in [4.69, 9.17) is 5.73 Å². The fourth-order valence-electron chi connectivity index (χ4n) is 2.32. The lowest BCUT2D eigenvalue weighted by Gasteiger charge is -2.26. The lowest BCUT2D eigenvalue weighted by molar-refractivity contribution is 0.489. The Labute approximate surface area is 100 Å². The lowest BCUT2D eigenvalue weighted by Crippen LogP contribution is -2.11. The summed E-state index contributed by atoms with van der Waals surface area (Å²) in [7, 11) is 0. The van der Waals surface area contributed by atoms with Crippen molar-refractivity contribution in [3.8, 4) is 0 Å². The Kier molecular flexibility index (Phi) is 5.37. The summed E-state index contributed by atoms with van der Waals surface area (Å²) < 4.78 is 0. The third-order valence-electron chi connectivity index (χ3n) is 3.41. The third-order valence-corrected chi connectivity index (χ3v) is 3.41. The van der Waals surface area contributed by atoms with Crippen LogP contribution >= 0.6 is 0 Å². The third kappa shape index (κ3) is 3.55.